The van der Waals surface area contributed by atoms with E-state index >= 15 is 8.78 Å². The van der Waals surface area contributed by atoms with Crippen molar-refractivity contribution in [1.29, 1.82) is 0 Å². The fourth-order valence-electron chi connectivity index (χ4n) is 3.95. The molecule has 0 aromatic heterocycles. The maximum atomic E-state index is 16.4. The molecule has 0 atom stereocenters. The number of carbonyl (C=O) groups is 4. The third-order valence-corrected chi connectivity index (χ3v) is 6.91. The Labute approximate surface area is 289 Å². The molecule has 0 saturated carbocycles. The highest BCUT2D eigenvalue weighted by Crippen LogP contribution is 2.44. The quantitative estimate of drug-likeness (QED) is 0.0694. The average Bonchev–Trinajstić information content (AvgIpc) is 3.06. The number of hydrogen-bond acceptors (Lipinski definition) is 8. The first-order chi connectivity index (χ1) is 23.4. The van der Waals surface area contributed by atoms with E-state index in [1.165, 1.54) is 71.0 Å². The number of esters is 4. The van der Waals surface area contributed by atoms with Crippen LogP contribution in [0.15, 0.2) is 97.1 Å². The van der Waals surface area contributed by atoms with Crippen LogP contribution in [-0.4, -0.2) is 23.9 Å². The predicted octanol–water partition coefficient (Wildman–Crippen LogP) is 8.24. The van der Waals surface area contributed by atoms with Crippen LogP contribution in [0.4, 0.5) is 8.78 Å². The van der Waals surface area contributed by atoms with E-state index in [-0.39, 0.29) is 50.5 Å². The predicted molar refractivity (Wildman–Crippen MR) is 185 cm³/mol. The molecule has 0 heterocycles. The molecular formula is C40H34F2O8. The number of rotatable bonds is 10. The van der Waals surface area contributed by atoms with Gasteiger partial charge in [-0.15, -0.1) is 0 Å². The van der Waals surface area contributed by atoms with Gasteiger partial charge in [-0.3, -0.25) is 0 Å². The van der Waals surface area contributed by atoms with Gasteiger partial charge < -0.3 is 18.9 Å². The van der Waals surface area contributed by atoms with Crippen molar-refractivity contribution in [3.8, 4) is 34.8 Å². The van der Waals surface area contributed by atoms with Crippen molar-refractivity contribution in [2.24, 2.45) is 0 Å². The van der Waals surface area contributed by atoms with Crippen molar-refractivity contribution in [1.82, 2.24) is 0 Å². The second kappa shape index (κ2) is 16.2. The van der Waals surface area contributed by atoms with Gasteiger partial charge in [0.2, 0.25) is 0 Å². The lowest BCUT2D eigenvalue weighted by Gasteiger charge is -2.20. The smallest absolute Gasteiger partial charge is 0.338 e. The Hall–Kier alpha value is -6.34. The Morgan fingerprint density at radius 2 is 0.880 bits per heavy atom. The third-order valence-electron chi connectivity index (χ3n) is 6.91. The van der Waals surface area contributed by atoms with Crippen LogP contribution < -0.4 is 18.9 Å². The molecule has 0 amide bonds. The molecule has 0 unspecified atom stereocenters. The molecule has 3 rings (SSSR count). The van der Waals surface area contributed by atoms with Gasteiger partial charge in [0.1, 0.15) is 17.1 Å². The van der Waals surface area contributed by atoms with Crippen molar-refractivity contribution >= 4 is 35.0 Å². The SMILES string of the molecule is C=C(C)C(=O)Oc1ccc(C#Cc2c(F)c(OC(=O)C(=C)C)c(/C(C)=C(\C)c3ccc(OC(=O)C(=C)C)cc3)c(OC(=O)C(=C)C)c2F)cc1. The first kappa shape index (κ1) is 38.1. The van der Waals surface area contributed by atoms with Gasteiger partial charge in [0.05, 0.1) is 5.56 Å². The van der Waals surface area contributed by atoms with E-state index in [0.717, 1.165) is 0 Å². The Bertz CT molecular complexity index is 2000. The zero-order valence-corrected chi connectivity index (χ0v) is 28.5. The van der Waals surface area contributed by atoms with Gasteiger partial charge in [0, 0.05) is 27.9 Å². The van der Waals surface area contributed by atoms with Gasteiger partial charge in [-0.1, -0.05) is 50.3 Å². The topological polar surface area (TPSA) is 105 Å². The summed E-state index contributed by atoms with van der Waals surface area (Å²) in [7, 11) is 0. The summed E-state index contributed by atoms with van der Waals surface area (Å²) in [6, 6.07) is 11.9. The van der Waals surface area contributed by atoms with Crippen molar-refractivity contribution in [3.63, 3.8) is 0 Å². The Kier molecular flexibility index (Phi) is 12.3. The number of benzene rings is 3. The van der Waals surface area contributed by atoms with Crippen LogP contribution in [0.1, 0.15) is 63.8 Å². The molecule has 50 heavy (non-hydrogen) atoms. The summed E-state index contributed by atoms with van der Waals surface area (Å²) in [6.45, 7) is 22.9. The molecule has 0 aliphatic rings. The molecule has 0 aliphatic heterocycles. The second-order valence-corrected chi connectivity index (χ2v) is 11.3. The average molecular weight is 681 g/mol. The highest BCUT2D eigenvalue weighted by molar-refractivity contribution is 5.97. The number of hydrogen-bond donors (Lipinski definition) is 0. The first-order valence-corrected chi connectivity index (χ1v) is 14.9. The van der Waals surface area contributed by atoms with E-state index in [4.69, 9.17) is 18.9 Å². The molecular weight excluding hydrogens is 646 g/mol. The molecule has 10 heteroatoms. The van der Waals surface area contributed by atoms with Crippen LogP contribution in [0.25, 0.3) is 11.1 Å². The maximum Gasteiger partial charge on any atom is 0.338 e. The van der Waals surface area contributed by atoms with E-state index in [9.17, 15) is 19.2 Å². The minimum atomic E-state index is -1.35. The summed E-state index contributed by atoms with van der Waals surface area (Å²) in [5.41, 5.74) is 0.319. The molecule has 0 N–H and O–H groups in total. The molecule has 0 bridgehead atoms. The van der Waals surface area contributed by atoms with E-state index in [2.05, 4.69) is 38.2 Å². The molecule has 3 aromatic rings. The van der Waals surface area contributed by atoms with Crippen LogP contribution in [0.5, 0.6) is 23.0 Å². The van der Waals surface area contributed by atoms with Crippen molar-refractivity contribution in [3.05, 3.63) is 131 Å². The second-order valence-electron chi connectivity index (χ2n) is 11.3. The van der Waals surface area contributed by atoms with Gasteiger partial charge in [-0.05, 0) is 94.7 Å². The molecule has 0 radical (unpaired) electrons. The molecule has 0 aliphatic carbocycles. The number of halogens is 2. The number of carbonyl (C=O) groups excluding carboxylic acids is 4. The summed E-state index contributed by atoms with van der Waals surface area (Å²) in [6.07, 6.45) is 0. The van der Waals surface area contributed by atoms with Gasteiger partial charge in [0.25, 0.3) is 0 Å². The van der Waals surface area contributed by atoms with Crippen molar-refractivity contribution < 1.29 is 46.9 Å². The Morgan fingerprint density at radius 1 is 0.520 bits per heavy atom. The lowest BCUT2D eigenvalue weighted by atomic mass is 9.93. The summed E-state index contributed by atoms with van der Waals surface area (Å²) in [4.78, 5) is 49.3. The fraction of sp³-hybridized carbons (Fsp3) is 0.150. The molecule has 0 fully saturated rings. The maximum absolute atomic E-state index is 16.4. The van der Waals surface area contributed by atoms with E-state index in [1.54, 1.807) is 19.1 Å². The van der Waals surface area contributed by atoms with Crippen LogP contribution in [0, 0.1) is 23.5 Å². The summed E-state index contributed by atoms with van der Waals surface area (Å²) in [5, 5.41) is 0. The monoisotopic (exact) mass is 680 g/mol. The summed E-state index contributed by atoms with van der Waals surface area (Å²) in [5.74, 6) is -2.13. The fourth-order valence-corrected chi connectivity index (χ4v) is 3.95. The molecule has 256 valence electrons. The van der Waals surface area contributed by atoms with Crippen LogP contribution in [-0.2, 0) is 19.2 Å². The number of ether oxygens (including phenoxy) is 4. The van der Waals surface area contributed by atoms with Gasteiger partial charge in [-0.25, -0.2) is 28.0 Å². The Balaban J connectivity index is 2.28. The third kappa shape index (κ3) is 9.17. The normalized spacial score (nSPS) is 10.8. The highest BCUT2D eigenvalue weighted by atomic mass is 19.1. The molecule has 8 nitrogen and oxygen atoms in total. The number of allylic oxidation sites excluding steroid dienone is 2. The molecule has 0 saturated heterocycles. The van der Waals surface area contributed by atoms with E-state index in [1.807, 2.05) is 0 Å². The van der Waals surface area contributed by atoms with Crippen molar-refractivity contribution in [2.45, 2.75) is 41.5 Å². The Morgan fingerprint density at radius 3 is 1.26 bits per heavy atom. The highest BCUT2D eigenvalue weighted by Gasteiger charge is 2.31. The first-order valence-electron chi connectivity index (χ1n) is 14.9. The zero-order chi connectivity index (χ0) is 37.4. The molecule has 0 spiro atoms. The standard InChI is InChI=1S/C40H34F2O8/c1-21(2)37(43)47-29-16-11-27(12-17-29)13-20-31-33(41)35(49-39(45)23(5)6)32(36(34(31)42)50-40(46)24(7)8)26(10)25(9)28-14-18-30(19-15-28)48-38(44)22(3)4/h11-12,14-19H,1,3,5,7H2,2,4,6,8-10H3/b26-25+. The van der Waals surface area contributed by atoms with Gasteiger partial charge >= 0.3 is 23.9 Å². The van der Waals surface area contributed by atoms with Crippen LogP contribution >= 0.6 is 0 Å². The summed E-state index contributed by atoms with van der Waals surface area (Å²) >= 11 is 0. The lowest BCUT2D eigenvalue weighted by molar-refractivity contribution is -0.131. The van der Waals surface area contributed by atoms with E-state index in [0.29, 0.717) is 11.1 Å². The summed E-state index contributed by atoms with van der Waals surface area (Å²) < 4.78 is 54.0. The van der Waals surface area contributed by atoms with E-state index < -0.39 is 52.6 Å². The lowest BCUT2D eigenvalue weighted by Crippen LogP contribution is -2.16. The largest absolute Gasteiger partial charge is 0.423 e. The van der Waals surface area contributed by atoms with Crippen molar-refractivity contribution in [2.75, 3.05) is 0 Å². The minimum Gasteiger partial charge on any atom is -0.423 e. The van der Waals surface area contributed by atoms with Crippen LogP contribution in [0.3, 0.4) is 0 Å². The van der Waals surface area contributed by atoms with Gasteiger partial charge in [-0.2, -0.15) is 0 Å². The van der Waals surface area contributed by atoms with Gasteiger partial charge in [0.15, 0.2) is 23.1 Å². The van der Waals surface area contributed by atoms with Crippen LogP contribution in [0.2, 0.25) is 0 Å². The minimum absolute atomic E-state index is 0.0986. The molecule has 3 aromatic carbocycles. The zero-order valence-electron chi connectivity index (χ0n) is 28.5.